The normalized spacial score (nSPS) is 18.2. The molecule has 4 aromatic rings. The van der Waals surface area contributed by atoms with Crippen LogP contribution in [0.1, 0.15) is 87.6 Å². The molecule has 0 saturated heterocycles. The Morgan fingerprint density at radius 1 is 1.05 bits per heavy atom. The summed E-state index contributed by atoms with van der Waals surface area (Å²) in [5, 5.41) is 24.9. The molecule has 0 bridgehead atoms. The first-order valence-corrected chi connectivity index (χ1v) is 15.0. The number of carbonyl (C=O) groups is 1. The van der Waals surface area contributed by atoms with Crippen LogP contribution in [0, 0.1) is 5.41 Å². The van der Waals surface area contributed by atoms with Crippen molar-refractivity contribution in [2.75, 3.05) is 0 Å². The zero-order chi connectivity index (χ0) is 28.4. The van der Waals surface area contributed by atoms with Crippen molar-refractivity contribution in [1.29, 1.82) is 0 Å². The molecular weight excluding hydrogens is 516 g/mol. The Kier molecular flexibility index (Phi) is 7.60. The van der Waals surface area contributed by atoms with E-state index in [9.17, 15) is 14.7 Å². The van der Waals surface area contributed by atoms with Gasteiger partial charge in [-0.05, 0) is 65.6 Å². The maximum atomic E-state index is 13.9. The molecule has 2 aliphatic rings. The van der Waals surface area contributed by atoms with Gasteiger partial charge in [0.05, 0.1) is 11.5 Å². The molecule has 41 heavy (non-hydrogen) atoms. The van der Waals surface area contributed by atoms with E-state index in [2.05, 4.69) is 56.5 Å². The molecule has 1 aliphatic carbocycles. The topological polar surface area (TPSA) is 119 Å². The molecule has 2 N–H and O–H groups in total. The van der Waals surface area contributed by atoms with Gasteiger partial charge in [0, 0.05) is 29.8 Å². The van der Waals surface area contributed by atoms with Gasteiger partial charge >= 0.3 is 5.97 Å². The first-order chi connectivity index (χ1) is 20.0. The monoisotopic (exact) mass is 554 g/mol. The van der Waals surface area contributed by atoms with E-state index in [1.807, 2.05) is 28.9 Å². The number of H-pyrrole nitrogens is 1. The average molecular weight is 555 g/mol. The fourth-order valence-electron chi connectivity index (χ4n) is 7.17. The summed E-state index contributed by atoms with van der Waals surface area (Å²) < 4.78 is 4.04. The molecule has 2 aromatic carbocycles. The van der Waals surface area contributed by atoms with Gasteiger partial charge in [-0.3, -0.25) is 14.3 Å². The summed E-state index contributed by atoms with van der Waals surface area (Å²) in [6, 6.07) is 16.2. The van der Waals surface area contributed by atoms with E-state index in [1.165, 1.54) is 0 Å². The smallest absolute Gasteiger partial charge is 0.311 e. The molecule has 1 saturated carbocycles. The molecule has 6 rings (SSSR count). The van der Waals surface area contributed by atoms with Crippen LogP contribution in [0.5, 0.6) is 0 Å². The highest BCUT2D eigenvalue weighted by molar-refractivity contribution is 5.80. The maximum absolute atomic E-state index is 13.9. The zero-order valence-corrected chi connectivity index (χ0v) is 23.7. The molecule has 1 unspecified atom stereocenters. The third-order valence-corrected chi connectivity index (χ3v) is 9.27. The molecular formula is C32H38N6O3. The molecule has 3 heterocycles. The van der Waals surface area contributed by atoms with Crippen LogP contribution in [0.3, 0.4) is 0 Å². The van der Waals surface area contributed by atoms with Crippen molar-refractivity contribution >= 4 is 5.97 Å². The summed E-state index contributed by atoms with van der Waals surface area (Å²) in [6.45, 7) is 2.81. The zero-order valence-electron chi connectivity index (χ0n) is 23.7. The van der Waals surface area contributed by atoms with E-state index in [1.54, 1.807) is 0 Å². The lowest BCUT2D eigenvalue weighted by Gasteiger charge is -2.44. The second-order valence-corrected chi connectivity index (χ2v) is 11.7. The molecule has 2 aromatic heterocycles. The van der Waals surface area contributed by atoms with Gasteiger partial charge in [-0.25, -0.2) is 9.78 Å². The largest absolute Gasteiger partial charge is 0.481 e. The van der Waals surface area contributed by atoms with Crippen LogP contribution in [-0.4, -0.2) is 41.1 Å². The van der Waals surface area contributed by atoms with Crippen molar-refractivity contribution in [2.24, 2.45) is 5.41 Å². The molecule has 1 atom stereocenters. The lowest BCUT2D eigenvalue weighted by Crippen LogP contribution is -2.46. The average Bonchev–Trinajstić information content (AvgIpc) is 3.64. The van der Waals surface area contributed by atoms with Crippen molar-refractivity contribution in [2.45, 2.75) is 90.1 Å². The Morgan fingerprint density at radius 2 is 1.80 bits per heavy atom. The number of nitrogens with zero attached hydrogens (tertiary/aromatic N) is 5. The molecule has 9 heteroatoms. The number of aromatic amines is 1. The SMILES string of the molecule is CCCCc1c(Cc2ccc(-c3ccccc3-c3nnn[nH]3)cc2)c(=O)n2n1C(C1(C(=O)O)CCCCC1)CCC2. The van der Waals surface area contributed by atoms with Crippen LogP contribution in [0.4, 0.5) is 0 Å². The van der Waals surface area contributed by atoms with Gasteiger partial charge in [-0.15, -0.1) is 5.10 Å². The molecule has 1 aliphatic heterocycles. The van der Waals surface area contributed by atoms with E-state index in [0.717, 1.165) is 84.9 Å². The Balaban J connectivity index is 1.37. The number of unbranched alkanes of at least 4 members (excludes halogenated alkanes) is 1. The number of hydrogen-bond donors (Lipinski definition) is 2. The van der Waals surface area contributed by atoms with Crippen LogP contribution in [-0.2, 0) is 24.2 Å². The summed E-state index contributed by atoms with van der Waals surface area (Å²) in [5.41, 5.74) is 5.17. The van der Waals surface area contributed by atoms with Gasteiger partial charge in [-0.1, -0.05) is 81.1 Å². The summed E-state index contributed by atoms with van der Waals surface area (Å²) in [6.07, 6.45) is 9.30. The highest BCUT2D eigenvalue weighted by Gasteiger charge is 2.49. The fourth-order valence-corrected chi connectivity index (χ4v) is 7.17. The third-order valence-electron chi connectivity index (χ3n) is 9.27. The van der Waals surface area contributed by atoms with Crippen molar-refractivity contribution in [1.82, 2.24) is 30.0 Å². The van der Waals surface area contributed by atoms with Gasteiger partial charge < -0.3 is 5.11 Å². The highest BCUT2D eigenvalue weighted by Crippen LogP contribution is 2.49. The minimum Gasteiger partial charge on any atom is -0.481 e. The number of fused-ring (bicyclic) bond motifs is 1. The summed E-state index contributed by atoms with van der Waals surface area (Å²) in [4.78, 5) is 26.8. The van der Waals surface area contributed by atoms with E-state index in [0.29, 0.717) is 31.6 Å². The second-order valence-electron chi connectivity index (χ2n) is 11.7. The van der Waals surface area contributed by atoms with Gasteiger partial charge in [0.2, 0.25) is 0 Å². The Bertz CT molecular complexity index is 1560. The van der Waals surface area contributed by atoms with Crippen molar-refractivity contribution in [3.05, 3.63) is 75.7 Å². The van der Waals surface area contributed by atoms with E-state index < -0.39 is 11.4 Å². The lowest BCUT2D eigenvalue weighted by atomic mass is 9.67. The number of aromatic nitrogens is 6. The number of carboxylic acids is 1. The minimum atomic E-state index is -0.793. The Hall–Kier alpha value is -4.01. The Labute approximate surface area is 239 Å². The fraction of sp³-hybridized carbons (Fsp3) is 0.469. The number of tetrazole rings is 1. The van der Waals surface area contributed by atoms with Crippen molar-refractivity contribution < 1.29 is 9.90 Å². The van der Waals surface area contributed by atoms with E-state index in [-0.39, 0.29) is 11.6 Å². The van der Waals surface area contributed by atoms with E-state index in [4.69, 9.17) is 0 Å². The molecule has 0 amide bonds. The predicted molar refractivity (Wildman–Crippen MR) is 157 cm³/mol. The number of carboxylic acid groups (broad SMARTS) is 1. The Morgan fingerprint density at radius 3 is 2.49 bits per heavy atom. The van der Waals surface area contributed by atoms with Crippen LogP contribution in [0.15, 0.2) is 53.3 Å². The first-order valence-electron chi connectivity index (χ1n) is 15.0. The third kappa shape index (κ3) is 4.91. The van der Waals surface area contributed by atoms with Gasteiger partial charge in [0.1, 0.15) is 0 Å². The molecule has 0 radical (unpaired) electrons. The molecule has 1 fully saturated rings. The van der Waals surface area contributed by atoms with Gasteiger partial charge in [0.15, 0.2) is 5.82 Å². The standard InChI is InChI=1S/C32H38N6O3/c1-2-3-12-27-26(30(39)37-20-9-13-28(38(27)37)32(31(40)41)18-7-4-8-19-32)21-22-14-16-23(17-15-22)24-10-5-6-11-25(24)29-33-35-36-34-29/h5-6,10-11,14-17,28H,2-4,7-9,12-13,18-21H2,1H3,(H,40,41)(H,33,34,35,36). The molecule has 214 valence electrons. The number of benzene rings is 2. The van der Waals surface area contributed by atoms with Crippen LogP contribution < -0.4 is 5.56 Å². The van der Waals surface area contributed by atoms with Gasteiger partial charge in [0.25, 0.3) is 5.56 Å². The van der Waals surface area contributed by atoms with Gasteiger partial charge in [-0.2, -0.15) is 0 Å². The number of nitrogens with one attached hydrogen (secondary N) is 1. The van der Waals surface area contributed by atoms with Crippen LogP contribution in [0.25, 0.3) is 22.5 Å². The predicted octanol–water partition coefficient (Wildman–Crippen LogP) is 5.80. The summed E-state index contributed by atoms with van der Waals surface area (Å²) >= 11 is 0. The number of hydrogen-bond acceptors (Lipinski definition) is 5. The maximum Gasteiger partial charge on any atom is 0.311 e. The summed E-state index contributed by atoms with van der Waals surface area (Å²) in [7, 11) is 0. The van der Waals surface area contributed by atoms with Crippen LogP contribution >= 0.6 is 0 Å². The summed E-state index contributed by atoms with van der Waals surface area (Å²) in [5.74, 6) is -0.0823. The minimum absolute atomic E-state index is 0.0457. The van der Waals surface area contributed by atoms with Crippen molar-refractivity contribution in [3.8, 4) is 22.5 Å². The van der Waals surface area contributed by atoms with Crippen molar-refractivity contribution in [3.63, 3.8) is 0 Å². The second kappa shape index (κ2) is 11.5. The number of aliphatic carboxylic acids is 1. The lowest BCUT2D eigenvalue weighted by molar-refractivity contribution is -0.156. The highest BCUT2D eigenvalue weighted by atomic mass is 16.4. The molecule has 9 nitrogen and oxygen atoms in total. The quantitative estimate of drug-likeness (QED) is 0.270. The first kappa shape index (κ1) is 27.2. The van der Waals surface area contributed by atoms with Crippen LogP contribution in [0.2, 0.25) is 0 Å². The number of rotatable bonds is 9. The van der Waals surface area contributed by atoms with E-state index >= 15 is 0 Å². The molecule has 0 spiro atoms.